The standard InChI is InChI=1S/C22H34FN5O3/c1-3-21(29)25(2)22(30)28(24)12-5-4-11-26-13-15-27(16-14-26)19-8-6-9-20(18-19)31-17-7-10-23/h3,6,8-9,18H,1,4-5,7,10-17,24H2,2H3. The summed E-state index contributed by atoms with van der Waals surface area (Å²) in [7, 11) is 1.39. The minimum atomic E-state index is -0.533. The SMILES string of the molecule is C=CC(=O)N(C)C(=O)N(N)CCCCN1CCN(c2cccc(OCCCF)c2)CC1. The van der Waals surface area contributed by atoms with E-state index in [0.29, 0.717) is 19.6 Å². The first kappa shape index (κ1) is 24.6. The van der Waals surface area contributed by atoms with Gasteiger partial charge in [-0.2, -0.15) is 0 Å². The van der Waals surface area contributed by atoms with E-state index in [9.17, 15) is 14.0 Å². The van der Waals surface area contributed by atoms with Crippen LogP contribution in [0.15, 0.2) is 36.9 Å². The number of rotatable bonds is 11. The maximum atomic E-state index is 12.2. The molecule has 1 aliphatic rings. The lowest BCUT2D eigenvalue weighted by Gasteiger charge is -2.36. The normalized spacial score (nSPS) is 14.2. The van der Waals surface area contributed by atoms with Crippen LogP contribution in [0, 0.1) is 0 Å². The number of imide groups is 1. The van der Waals surface area contributed by atoms with E-state index in [1.54, 1.807) is 0 Å². The van der Waals surface area contributed by atoms with E-state index in [0.717, 1.165) is 73.0 Å². The lowest BCUT2D eigenvalue weighted by Crippen LogP contribution is -2.48. The third kappa shape index (κ3) is 7.84. The van der Waals surface area contributed by atoms with Gasteiger partial charge in [0, 0.05) is 57.9 Å². The molecule has 172 valence electrons. The second-order valence-electron chi connectivity index (χ2n) is 7.50. The molecule has 0 aliphatic carbocycles. The summed E-state index contributed by atoms with van der Waals surface area (Å²) in [6.45, 7) is 8.46. The van der Waals surface area contributed by atoms with Crippen molar-refractivity contribution in [2.45, 2.75) is 19.3 Å². The number of nitrogens with two attached hydrogens (primary N) is 1. The van der Waals surface area contributed by atoms with E-state index in [-0.39, 0.29) is 6.67 Å². The Morgan fingerprint density at radius 2 is 1.97 bits per heavy atom. The number of piperazine rings is 1. The molecular weight excluding hydrogens is 401 g/mol. The number of anilines is 1. The largest absolute Gasteiger partial charge is 0.493 e. The molecule has 2 N–H and O–H groups in total. The van der Waals surface area contributed by atoms with Crippen LogP contribution in [0.1, 0.15) is 19.3 Å². The third-order valence-electron chi connectivity index (χ3n) is 5.26. The molecule has 0 bridgehead atoms. The first-order valence-corrected chi connectivity index (χ1v) is 10.7. The van der Waals surface area contributed by atoms with Crippen molar-refractivity contribution >= 4 is 17.6 Å². The highest BCUT2D eigenvalue weighted by Gasteiger charge is 2.20. The molecule has 0 radical (unpaired) electrons. The maximum absolute atomic E-state index is 12.2. The fourth-order valence-corrected chi connectivity index (χ4v) is 3.38. The van der Waals surface area contributed by atoms with Gasteiger partial charge >= 0.3 is 6.03 Å². The number of carbonyl (C=O) groups is 2. The summed E-state index contributed by atoms with van der Waals surface area (Å²) in [5.41, 5.74) is 1.12. The van der Waals surface area contributed by atoms with Crippen LogP contribution in [0.4, 0.5) is 14.9 Å². The Balaban J connectivity index is 1.67. The number of alkyl halides is 1. The summed E-state index contributed by atoms with van der Waals surface area (Å²) in [5.74, 6) is 6.07. The Labute approximate surface area is 184 Å². The highest BCUT2D eigenvalue weighted by molar-refractivity contribution is 5.99. The number of ether oxygens (including phenoxy) is 1. The number of nitrogens with zero attached hydrogens (tertiary/aromatic N) is 4. The van der Waals surface area contributed by atoms with Crippen LogP contribution in [0.5, 0.6) is 5.75 Å². The first-order chi connectivity index (χ1) is 15.0. The molecule has 1 fully saturated rings. The number of urea groups is 1. The number of hydrogen-bond acceptors (Lipinski definition) is 6. The van der Waals surface area contributed by atoms with Gasteiger partial charge in [0.15, 0.2) is 0 Å². The van der Waals surface area contributed by atoms with Crippen molar-refractivity contribution < 1.29 is 18.7 Å². The van der Waals surface area contributed by atoms with Crippen molar-refractivity contribution in [3.8, 4) is 5.75 Å². The second-order valence-corrected chi connectivity index (χ2v) is 7.50. The molecule has 1 aromatic rings. The Morgan fingerprint density at radius 3 is 2.65 bits per heavy atom. The lowest BCUT2D eigenvalue weighted by atomic mass is 10.2. The van der Waals surface area contributed by atoms with Crippen LogP contribution < -0.4 is 15.5 Å². The van der Waals surface area contributed by atoms with Gasteiger partial charge in [-0.3, -0.25) is 24.0 Å². The molecule has 3 amide bonds. The molecule has 31 heavy (non-hydrogen) atoms. The molecule has 0 unspecified atom stereocenters. The summed E-state index contributed by atoms with van der Waals surface area (Å²) < 4.78 is 17.8. The van der Waals surface area contributed by atoms with Crippen molar-refractivity contribution in [2.75, 3.05) is 64.5 Å². The van der Waals surface area contributed by atoms with Crippen LogP contribution in [0.3, 0.4) is 0 Å². The van der Waals surface area contributed by atoms with Crippen molar-refractivity contribution in [2.24, 2.45) is 5.84 Å². The number of benzene rings is 1. The second kappa shape index (κ2) is 12.9. The highest BCUT2D eigenvalue weighted by Crippen LogP contribution is 2.22. The van der Waals surface area contributed by atoms with Crippen LogP contribution in [0.25, 0.3) is 0 Å². The number of unbranched alkanes of at least 4 members (excludes halogenated alkanes) is 1. The van der Waals surface area contributed by atoms with Crippen molar-refractivity contribution in [3.05, 3.63) is 36.9 Å². The highest BCUT2D eigenvalue weighted by atomic mass is 19.1. The summed E-state index contributed by atoms with van der Waals surface area (Å²) in [5, 5.41) is 1.07. The van der Waals surface area contributed by atoms with E-state index in [1.807, 2.05) is 18.2 Å². The number of likely N-dealkylation sites (N-methyl/N-ethyl adjacent to an activating group) is 1. The van der Waals surface area contributed by atoms with Crippen LogP contribution in [-0.2, 0) is 4.79 Å². The average Bonchev–Trinajstić information content (AvgIpc) is 2.81. The molecule has 2 rings (SSSR count). The van der Waals surface area contributed by atoms with E-state index in [4.69, 9.17) is 10.6 Å². The van der Waals surface area contributed by atoms with E-state index in [2.05, 4.69) is 22.4 Å². The number of amides is 3. The summed E-state index contributed by atoms with van der Waals surface area (Å²) in [6, 6.07) is 7.41. The molecule has 1 saturated heterocycles. The zero-order chi connectivity index (χ0) is 22.6. The quantitative estimate of drug-likeness (QED) is 0.189. The number of halogens is 1. The van der Waals surface area contributed by atoms with Crippen molar-refractivity contribution in [1.29, 1.82) is 0 Å². The van der Waals surface area contributed by atoms with Gasteiger partial charge < -0.3 is 9.64 Å². The topological polar surface area (TPSA) is 82.3 Å². The zero-order valence-corrected chi connectivity index (χ0v) is 18.3. The molecule has 9 heteroatoms. The molecule has 0 spiro atoms. The van der Waals surface area contributed by atoms with E-state index in [1.165, 1.54) is 7.05 Å². The number of carbonyl (C=O) groups excluding carboxylic acids is 2. The fourth-order valence-electron chi connectivity index (χ4n) is 3.38. The van der Waals surface area contributed by atoms with Gasteiger partial charge in [0.25, 0.3) is 5.91 Å². The van der Waals surface area contributed by atoms with Gasteiger partial charge in [-0.15, -0.1) is 0 Å². The van der Waals surface area contributed by atoms with Gasteiger partial charge in [-0.1, -0.05) is 12.6 Å². The molecule has 1 aliphatic heterocycles. The Morgan fingerprint density at radius 1 is 1.23 bits per heavy atom. The van der Waals surface area contributed by atoms with Crippen LogP contribution >= 0.6 is 0 Å². The zero-order valence-electron chi connectivity index (χ0n) is 18.3. The van der Waals surface area contributed by atoms with Gasteiger partial charge in [-0.05, 0) is 37.6 Å². The average molecular weight is 436 g/mol. The Kier molecular flexibility index (Phi) is 10.3. The summed E-state index contributed by atoms with van der Waals surface area (Å²) >= 11 is 0. The van der Waals surface area contributed by atoms with E-state index < -0.39 is 11.9 Å². The lowest BCUT2D eigenvalue weighted by molar-refractivity contribution is -0.122. The molecule has 0 atom stereocenters. The monoisotopic (exact) mass is 435 g/mol. The predicted octanol–water partition coefficient (Wildman–Crippen LogP) is 2.27. The van der Waals surface area contributed by atoms with E-state index >= 15 is 0 Å². The predicted molar refractivity (Wildman–Crippen MR) is 120 cm³/mol. The molecule has 0 aromatic heterocycles. The van der Waals surface area contributed by atoms with Crippen LogP contribution in [0.2, 0.25) is 0 Å². The van der Waals surface area contributed by atoms with Gasteiger partial charge in [-0.25, -0.2) is 10.6 Å². The minimum absolute atomic E-state index is 0.368. The van der Waals surface area contributed by atoms with Crippen molar-refractivity contribution in [3.63, 3.8) is 0 Å². The number of hydrogen-bond donors (Lipinski definition) is 1. The minimum Gasteiger partial charge on any atom is -0.493 e. The van der Waals surface area contributed by atoms with Crippen LogP contribution in [-0.4, -0.2) is 86.3 Å². The Bertz CT molecular complexity index is 725. The molecular formula is C22H34FN5O3. The third-order valence-corrected chi connectivity index (χ3v) is 5.26. The smallest absolute Gasteiger partial charge is 0.340 e. The molecule has 1 heterocycles. The van der Waals surface area contributed by atoms with Crippen molar-refractivity contribution in [1.82, 2.24) is 14.8 Å². The Hall–Kier alpha value is -2.65. The van der Waals surface area contributed by atoms with Gasteiger partial charge in [0.05, 0.1) is 13.3 Å². The maximum Gasteiger partial charge on any atom is 0.340 e. The van der Waals surface area contributed by atoms with Gasteiger partial charge in [0.1, 0.15) is 5.75 Å². The first-order valence-electron chi connectivity index (χ1n) is 10.7. The summed E-state index contributed by atoms with van der Waals surface area (Å²) in [6.07, 6.45) is 3.17. The fraction of sp³-hybridized carbons (Fsp3) is 0.545. The molecule has 1 aromatic carbocycles. The molecule has 0 saturated carbocycles. The van der Waals surface area contributed by atoms with Gasteiger partial charge in [0.2, 0.25) is 0 Å². The summed E-state index contributed by atoms with van der Waals surface area (Å²) in [4.78, 5) is 29.2. The number of hydrazine groups is 1. The molecule has 8 nitrogen and oxygen atoms in total.